The minimum absolute atomic E-state index is 0.00321. The topological polar surface area (TPSA) is 86.2 Å². The first-order valence-electron chi connectivity index (χ1n) is 8.23. The van der Waals surface area contributed by atoms with Crippen LogP contribution in [0.15, 0.2) is 22.8 Å². The van der Waals surface area contributed by atoms with Crippen LogP contribution in [0.25, 0.3) is 10.2 Å². The second-order valence-electron chi connectivity index (χ2n) is 6.14. The van der Waals surface area contributed by atoms with E-state index in [9.17, 15) is 0 Å². The molecule has 0 aromatic carbocycles. The van der Waals surface area contributed by atoms with Crippen LogP contribution in [-0.4, -0.2) is 22.6 Å². The highest BCUT2D eigenvalue weighted by Crippen LogP contribution is 2.41. The highest BCUT2D eigenvalue weighted by molar-refractivity contribution is 7.19. The number of fused-ring (bicyclic) bond motifs is 1. The van der Waals surface area contributed by atoms with E-state index in [1.807, 2.05) is 19.1 Å². The molecule has 3 aromatic rings. The SMILES string of the molecule is Cc1c([C@@H]2OCCC[C@H]2N)sc2c(NCc3ccco3)nc(Cl)nc12. The second-order valence-corrected chi connectivity index (χ2v) is 7.53. The lowest BCUT2D eigenvalue weighted by Gasteiger charge is -2.28. The Morgan fingerprint density at radius 1 is 1.44 bits per heavy atom. The second kappa shape index (κ2) is 6.92. The Labute approximate surface area is 154 Å². The van der Waals surface area contributed by atoms with E-state index in [4.69, 9.17) is 26.5 Å². The van der Waals surface area contributed by atoms with Gasteiger partial charge in [-0.3, -0.25) is 0 Å². The van der Waals surface area contributed by atoms with E-state index >= 15 is 0 Å². The van der Waals surface area contributed by atoms with Crippen LogP contribution in [0.3, 0.4) is 0 Å². The molecular weight excluding hydrogens is 360 g/mol. The molecule has 4 heterocycles. The first kappa shape index (κ1) is 16.8. The number of anilines is 1. The number of aryl methyl sites for hydroxylation is 1. The van der Waals surface area contributed by atoms with Gasteiger partial charge in [-0.15, -0.1) is 11.3 Å². The molecule has 1 fully saturated rings. The number of aromatic nitrogens is 2. The minimum atomic E-state index is -0.0929. The minimum Gasteiger partial charge on any atom is -0.467 e. The first-order valence-corrected chi connectivity index (χ1v) is 9.43. The molecule has 0 unspecified atom stereocenters. The molecule has 2 atom stereocenters. The number of rotatable bonds is 4. The molecule has 3 N–H and O–H groups in total. The molecule has 1 aliphatic heterocycles. The number of hydrogen-bond acceptors (Lipinski definition) is 7. The average molecular weight is 379 g/mol. The molecule has 0 amide bonds. The van der Waals surface area contributed by atoms with E-state index < -0.39 is 0 Å². The van der Waals surface area contributed by atoms with E-state index in [1.54, 1.807) is 17.6 Å². The molecule has 3 aromatic heterocycles. The van der Waals surface area contributed by atoms with Crippen molar-refractivity contribution in [2.45, 2.75) is 38.5 Å². The van der Waals surface area contributed by atoms with Crippen molar-refractivity contribution in [1.82, 2.24) is 9.97 Å². The monoisotopic (exact) mass is 378 g/mol. The molecule has 4 rings (SSSR count). The van der Waals surface area contributed by atoms with Gasteiger partial charge in [0, 0.05) is 17.5 Å². The van der Waals surface area contributed by atoms with E-state index in [0.29, 0.717) is 12.4 Å². The maximum atomic E-state index is 6.28. The summed E-state index contributed by atoms with van der Waals surface area (Å²) in [5, 5.41) is 3.51. The number of hydrogen-bond donors (Lipinski definition) is 2. The lowest BCUT2D eigenvalue weighted by molar-refractivity contribution is 0.00207. The van der Waals surface area contributed by atoms with Crippen LogP contribution >= 0.6 is 22.9 Å². The molecule has 0 saturated carbocycles. The third kappa shape index (κ3) is 3.25. The van der Waals surface area contributed by atoms with Gasteiger partial charge in [0.1, 0.15) is 17.7 Å². The summed E-state index contributed by atoms with van der Waals surface area (Å²) in [6.45, 7) is 3.31. The highest BCUT2D eigenvalue weighted by atomic mass is 35.5. The Balaban J connectivity index is 1.72. The summed E-state index contributed by atoms with van der Waals surface area (Å²) in [6, 6.07) is 3.77. The van der Waals surface area contributed by atoms with Crippen LogP contribution in [0.1, 0.15) is 35.1 Å². The summed E-state index contributed by atoms with van der Waals surface area (Å²) >= 11 is 7.77. The van der Waals surface area contributed by atoms with Crippen molar-refractivity contribution in [3.8, 4) is 0 Å². The quantitative estimate of drug-likeness (QED) is 0.666. The van der Waals surface area contributed by atoms with Gasteiger partial charge in [0.25, 0.3) is 0 Å². The maximum Gasteiger partial charge on any atom is 0.224 e. The number of ether oxygens (including phenoxy) is 1. The number of halogens is 1. The van der Waals surface area contributed by atoms with Crippen LogP contribution in [0, 0.1) is 6.92 Å². The lowest BCUT2D eigenvalue weighted by Crippen LogP contribution is -2.34. The Bertz CT molecular complexity index is 881. The lowest BCUT2D eigenvalue weighted by atomic mass is 10.0. The molecule has 0 aliphatic carbocycles. The van der Waals surface area contributed by atoms with Crippen molar-refractivity contribution in [2.75, 3.05) is 11.9 Å². The fourth-order valence-electron chi connectivity index (χ4n) is 3.13. The zero-order valence-electron chi connectivity index (χ0n) is 13.8. The zero-order valence-corrected chi connectivity index (χ0v) is 15.4. The zero-order chi connectivity index (χ0) is 17.4. The summed E-state index contributed by atoms with van der Waals surface area (Å²) in [7, 11) is 0. The summed E-state index contributed by atoms with van der Waals surface area (Å²) < 4.78 is 12.3. The molecule has 0 bridgehead atoms. The number of nitrogens with zero attached hydrogens (tertiary/aromatic N) is 2. The van der Waals surface area contributed by atoms with Gasteiger partial charge in [-0.25, -0.2) is 4.98 Å². The van der Waals surface area contributed by atoms with Crippen LogP contribution in [0.2, 0.25) is 5.28 Å². The molecule has 25 heavy (non-hydrogen) atoms. The van der Waals surface area contributed by atoms with Crippen LogP contribution in [-0.2, 0) is 11.3 Å². The number of thiophene rings is 1. The van der Waals surface area contributed by atoms with Gasteiger partial charge in [0.05, 0.1) is 23.0 Å². The van der Waals surface area contributed by atoms with Gasteiger partial charge < -0.3 is 20.2 Å². The number of nitrogens with one attached hydrogen (secondary N) is 1. The maximum absolute atomic E-state index is 6.28. The summed E-state index contributed by atoms with van der Waals surface area (Å²) in [5.41, 5.74) is 8.20. The summed E-state index contributed by atoms with van der Waals surface area (Å²) in [6.07, 6.45) is 3.52. The smallest absolute Gasteiger partial charge is 0.224 e. The number of furan rings is 1. The van der Waals surface area contributed by atoms with Crippen LogP contribution in [0.5, 0.6) is 0 Å². The molecular formula is C17H19ClN4O2S. The predicted octanol–water partition coefficient (Wildman–Crippen LogP) is 4.04. The van der Waals surface area contributed by atoms with Crippen molar-refractivity contribution in [2.24, 2.45) is 5.73 Å². The molecule has 132 valence electrons. The van der Waals surface area contributed by atoms with Gasteiger partial charge in [-0.1, -0.05) is 0 Å². The Kier molecular flexibility index (Phi) is 4.64. The van der Waals surface area contributed by atoms with Gasteiger partial charge >= 0.3 is 0 Å². The molecule has 6 nitrogen and oxygen atoms in total. The number of nitrogens with two attached hydrogens (primary N) is 1. The van der Waals surface area contributed by atoms with Crippen molar-refractivity contribution in [3.05, 3.63) is 39.9 Å². The standard InChI is InChI=1S/C17H19ClN4O2S/c1-9-12-15(25-14(9)13-11(19)5-3-7-24-13)16(22-17(18)21-12)20-8-10-4-2-6-23-10/h2,4,6,11,13H,3,5,7-8,19H2,1H3,(H,20,21,22)/t11-,13-/m1/s1. The Morgan fingerprint density at radius 2 is 2.32 bits per heavy atom. The molecule has 1 saturated heterocycles. The first-order chi connectivity index (χ1) is 12.1. The normalized spacial score (nSPS) is 20.9. The van der Waals surface area contributed by atoms with Crippen LogP contribution in [0.4, 0.5) is 5.82 Å². The van der Waals surface area contributed by atoms with Gasteiger partial charge in [-0.05, 0) is 49.1 Å². The van der Waals surface area contributed by atoms with E-state index in [0.717, 1.165) is 45.9 Å². The predicted molar refractivity (Wildman–Crippen MR) is 99.1 cm³/mol. The van der Waals surface area contributed by atoms with Gasteiger partial charge in [0.2, 0.25) is 5.28 Å². The van der Waals surface area contributed by atoms with E-state index in [2.05, 4.69) is 15.3 Å². The van der Waals surface area contributed by atoms with Gasteiger partial charge in [-0.2, -0.15) is 4.98 Å². The van der Waals surface area contributed by atoms with E-state index in [-0.39, 0.29) is 17.4 Å². The Hall–Kier alpha value is -1.67. The molecule has 0 spiro atoms. The van der Waals surface area contributed by atoms with Crippen molar-refractivity contribution in [1.29, 1.82) is 0 Å². The third-order valence-electron chi connectivity index (χ3n) is 4.41. The van der Waals surface area contributed by atoms with Crippen LogP contribution < -0.4 is 11.1 Å². The van der Waals surface area contributed by atoms with Crippen molar-refractivity contribution >= 4 is 39.0 Å². The Morgan fingerprint density at radius 3 is 3.08 bits per heavy atom. The van der Waals surface area contributed by atoms with Crippen molar-refractivity contribution < 1.29 is 9.15 Å². The molecule has 0 radical (unpaired) electrons. The highest BCUT2D eigenvalue weighted by Gasteiger charge is 2.29. The van der Waals surface area contributed by atoms with Crippen molar-refractivity contribution in [3.63, 3.8) is 0 Å². The van der Waals surface area contributed by atoms with E-state index in [1.165, 1.54) is 0 Å². The summed E-state index contributed by atoms with van der Waals surface area (Å²) in [4.78, 5) is 9.90. The average Bonchev–Trinajstić information content (AvgIpc) is 3.22. The molecule has 8 heteroatoms. The molecule has 1 aliphatic rings. The largest absolute Gasteiger partial charge is 0.467 e. The fourth-order valence-corrected chi connectivity index (χ4v) is 4.63. The summed E-state index contributed by atoms with van der Waals surface area (Å²) in [5.74, 6) is 1.53. The fraction of sp³-hybridized carbons (Fsp3) is 0.412. The third-order valence-corrected chi connectivity index (χ3v) is 5.93. The van der Waals surface area contributed by atoms with Gasteiger partial charge in [0.15, 0.2) is 0 Å².